The first-order chi connectivity index (χ1) is 9.52. The van der Waals surface area contributed by atoms with E-state index in [-0.39, 0.29) is 6.04 Å². The topological polar surface area (TPSA) is 38.0 Å². The lowest BCUT2D eigenvalue weighted by molar-refractivity contribution is 0.550. The second-order valence-electron chi connectivity index (χ2n) is 4.29. The van der Waals surface area contributed by atoms with Gasteiger partial charge in [-0.25, -0.2) is 0 Å². The van der Waals surface area contributed by atoms with Crippen LogP contribution in [0.25, 0.3) is 0 Å². The predicted molar refractivity (Wildman–Crippen MR) is 89.4 cm³/mol. The Morgan fingerprint density at radius 3 is 2.30 bits per heavy atom. The minimum absolute atomic E-state index is 0.126. The fourth-order valence-corrected chi connectivity index (χ4v) is 3.48. The van der Waals surface area contributed by atoms with Crippen LogP contribution in [0.5, 0.6) is 0 Å². The average Bonchev–Trinajstić information content (AvgIpc) is 2.40. The van der Waals surface area contributed by atoms with Gasteiger partial charge in [-0.05, 0) is 41.8 Å². The first-order valence-electron chi connectivity index (χ1n) is 5.87. The standard InChI is InChI=1S/C14H12BrCl3N2/c15-11-6-8(16)4-5-9(11)14(20-19)7-10-12(17)2-1-3-13(10)18/h1-6,14,20H,7,19H2. The molecule has 0 radical (unpaired) electrons. The minimum atomic E-state index is -0.126. The molecule has 2 rings (SSSR count). The summed E-state index contributed by atoms with van der Waals surface area (Å²) in [6.45, 7) is 0. The van der Waals surface area contributed by atoms with Gasteiger partial charge < -0.3 is 0 Å². The van der Waals surface area contributed by atoms with Gasteiger partial charge >= 0.3 is 0 Å². The Hall–Kier alpha value is -0.290. The summed E-state index contributed by atoms with van der Waals surface area (Å²) in [5, 5.41) is 1.91. The highest BCUT2D eigenvalue weighted by Gasteiger charge is 2.17. The quantitative estimate of drug-likeness (QED) is 0.555. The molecule has 0 aliphatic heterocycles. The lowest BCUT2D eigenvalue weighted by Gasteiger charge is -2.19. The Kier molecular flexibility index (Phi) is 5.73. The summed E-state index contributed by atoms with van der Waals surface area (Å²) in [6.07, 6.45) is 0.579. The summed E-state index contributed by atoms with van der Waals surface area (Å²) in [4.78, 5) is 0. The lowest BCUT2D eigenvalue weighted by atomic mass is 9.99. The van der Waals surface area contributed by atoms with Crippen LogP contribution >= 0.6 is 50.7 Å². The second kappa shape index (κ2) is 7.12. The third-order valence-corrected chi connectivity index (χ3v) is 4.64. The van der Waals surface area contributed by atoms with E-state index >= 15 is 0 Å². The van der Waals surface area contributed by atoms with Crippen LogP contribution in [-0.2, 0) is 6.42 Å². The number of nitrogens with one attached hydrogen (secondary N) is 1. The van der Waals surface area contributed by atoms with Gasteiger partial charge in [0, 0.05) is 19.5 Å². The molecule has 0 amide bonds. The normalized spacial score (nSPS) is 12.4. The van der Waals surface area contributed by atoms with E-state index in [9.17, 15) is 0 Å². The van der Waals surface area contributed by atoms with Crippen molar-refractivity contribution in [2.45, 2.75) is 12.5 Å². The van der Waals surface area contributed by atoms with Crippen LogP contribution in [0.1, 0.15) is 17.2 Å². The molecule has 20 heavy (non-hydrogen) atoms. The summed E-state index contributed by atoms with van der Waals surface area (Å²) < 4.78 is 0.885. The van der Waals surface area contributed by atoms with Crippen molar-refractivity contribution >= 4 is 50.7 Å². The van der Waals surface area contributed by atoms with Crippen molar-refractivity contribution < 1.29 is 0 Å². The van der Waals surface area contributed by atoms with Gasteiger partial charge in [0.15, 0.2) is 0 Å². The maximum atomic E-state index is 6.20. The largest absolute Gasteiger partial charge is 0.271 e. The van der Waals surface area contributed by atoms with Crippen LogP contribution in [0.4, 0.5) is 0 Å². The fraction of sp³-hybridized carbons (Fsp3) is 0.143. The molecule has 0 aliphatic carbocycles. The zero-order valence-electron chi connectivity index (χ0n) is 10.3. The van der Waals surface area contributed by atoms with Gasteiger partial charge in [0.1, 0.15) is 0 Å². The van der Waals surface area contributed by atoms with Crippen LogP contribution in [0, 0.1) is 0 Å². The third kappa shape index (κ3) is 3.67. The molecule has 1 unspecified atom stereocenters. The van der Waals surface area contributed by atoms with Crippen LogP contribution in [-0.4, -0.2) is 0 Å². The highest BCUT2D eigenvalue weighted by Crippen LogP contribution is 2.32. The second-order valence-corrected chi connectivity index (χ2v) is 6.39. The maximum absolute atomic E-state index is 6.20. The van der Waals surface area contributed by atoms with E-state index in [0.717, 1.165) is 15.6 Å². The Bertz CT molecular complexity index is 599. The summed E-state index contributed by atoms with van der Waals surface area (Å²) in [5.41, 5.74) is 4.65. The maximum Gasteiger partial charge on any atom is 0.0512 e. The molecule has 0 spiro atoms. The highest BCUT2D eigenvalue weighted by atomic mass is 79.9. The van der Waals surface area contributed by atoms with Crippen LogP contribution < -0.4 is 11.3 Å². The third-order valence-electron chi connectivity index (χ3n) is 3.01. The van der Waals surface area contributed by atoms with Crippen LogP contribution in [0.2, 0.25) is 15.1 Å². The molecular formula is C14H12BrCl3N2. The van der Waals surface area contributed by atoms with Gasteiger partial charge in [0.05, 0.1) is 6.04 Å². The molecule has 1 atom stereocenters. The molecule has 0 saturated heterocycles. The zero-order valence-corrected chi connectivity index (χ0v) is 14.2. The number of nitrogens with two attached hydrogens (primary N) is 1. The number of rotatable bonds is 4. The van der Waals surface area contributed by atoms with Crippen molar-refractivity contribution in [1.29, 1.82) is 0 Å². The van der Waals surface area contributed by atoms with Crippen molar-refractivity contribution in [3.8, 4) is 0 Å². The smallest absolute Gasteiger partial charge is 0.0512 e. The van der Waals surface area contributed by atoms with Gasteiger partial charge in [-0.15, -0.1) is 0 Å². The zero-order chi connectivity index (χ0) is 14.7. The molecular weight excluding hydrogens is 382 g/mol. The molecule has 2 aromatic carbocycles. The molecule has 0 saturated carbocycles. The molecule has 0 heterocycles. The molecule has 0 aromatic heterocycles. The molecule has 0 fully saturated rings. The van der Waals surface area contributed by atoms with E-state index in [1.165, 1.54) is 0 Å². The van der Waals surface area contributed by atoms with Crippen molar-refractivity contribution in [2.24, 2.45) is 5.84 Å². The van der Waals surface area contributed by atoms with Gasteiger partial charge in [-0.1, -0.05) is 62.9 Å². The highest BCUT2D eigenvalue weighted by molar-refractivity contribution is 9.10. The summed E-state index contributed by atoms with van der Waals surface area (Å²) in [5.74, 6) is 5.67. The van der Waals surface area contributed by atoms with Crippen molar-refractivity contribution in [1.82, 2.24) is 5.43 Å². The Morgan fingerprint density at radius 2 is 1.75 bits per heavy atom. The lowest BCUT2D eigenvalue weighted by Crippen LogP contribution is -2.30. The number of benzene rings is 2. The van der Waals surface area contributed by atoms with E-state index in [1.54, 1.807) is 0 Å². The van der Waals surface area contributed by atoms with Crippen LogP contribution in [0.15, 0.2) is 40.9 Å². The van der Waals surface area contributed by atoms with Gasteiger partial charge in [-0.2, -0.15) is 0 Å². The molecule has 2 aromatic rings. The van der Waals surface area contributed by atoms with Crippen molar-refractivity contribution in [3.63, 3.8) is 0 Å². The molecule has 6 heteroatoms. The number of hydrazine groups is 1. The SMILES string of the molecule is NNC(Cc1c(Cl)cccc1Cl)c1ccc(Cl)cc1Br. The number of hydrogen-bond donors (Lipinski definition) is 2. The Labute approximate surface area is 141 Å². The van der Waals surface area contributed by atoms with Gasteiger partial charge in [0.25, 0.3) is 0 Å². The molecule has 2 nitrogen and oxygen atoms in total. The van der Waals surface area contributed by atoms with E-state index < -0.39 is 0 Å². The van der Waals surface area contributed by atoms with Crippen molar-refractivity contribution in [3.05, 3.63) is 67.1 Å². The van der Waals surface area contributed by atoms with Crippen molar-refractivity contribution in [2.75, 3.05) is 0 Å². The average molecular weight is 395 g/mol. The summed E-state index contributed by atoms with van der Waals surface area (Å²) >= 11 is 21.8. The summed E-state index contributed by atoms with van der Waals surface area (Å²) in [6, 6.07) is 10.9. The van der Waals surface area contributed by atoms with E-state index in [0.29, 0.717) is 21.5 Å². The van der Waals surface area contributed by atoms with E-state index in [4.69, 9.17) is 40.6 Å². The first-order valence-corrected chi connectivity index (χ1v) is 7.79. The minimum Gasteiger partial charge on any atom is -0.271 e. The Morgan fingerprint density at radius 1 is 1.10 bits per heavy atom. The summed E-state index contributed by atoms with van der Waals surface area (Å²) in [7, 11) is 0. The van der Waals surface area contributed by atoms with Gasteiger partial charge in [-0.3, -0.25) is 11.3 Å². The molecule has 0 aliphatic rings. The number of hydrogen-bond acceptors (Lipinski definition) is 2. The Balaban J connectivity index is 2.34. The fourth-order valence-electron chi connectivity index (χ4n) is 1.97. The molecule has 0 bridgehead atoms. The molecule has 106 valence electrons. The molecule has 3 N–H and O–H groups in total. The first kappa shape index (κ1) is 16.1. The predicted octanol–water partition coefficient (Wildman–Crippen LogP) is 5.16. The monoisotopic (exact) mass is 392 g/mol. The van der Waals surface area contributed by atoms with Gasteiger partial charge in [0.2, 0.25) is 0 Å². The van der Waals surface area contributed by atoms with E-state index in [1.807, 2.05) is 36.4 Å². The van der Waals surface area contributed by atoms with Crippen LogP contribution in [0.3, 0.4) is 0 Å². The van der Waals surface area contributed by atoms with E-state index in [2.05, 4.69) is 21.4 Å². The number of halogens is 4.